The lowest BCUT2D eigenvalue weighted by atomic mass is 10.0. The molecule has 0 radical (unpaired) electrons. The number of unbranched alkanes of at least 4 members (excludes halogenated alkanes) is 30. The summed E-state index contributed by atoms with van der Waals surface area (Å²) in [6.45, 7) is 6.97. The van der Waals surface area contributed by atoms with Crippen molar-refractivity contribution in [1.82, 2.24) is 18.6 Å². The van der Waals surface area contributed by atoms with E-state index < -0.39 is 71.9 Å². The number of aromatic hydroxyl groups is 3. The van der Waals surface area contributed by atoms with Crippen LogP contribution in [-0.4, -0.2) is 91.8 Å². The second-order valence-corrected chi connectivity index (χ2v) is 28.1. The number of hydrogen-bond acceptors (Lipinski definition) is 22. The number of methoxy groups -OCH3 is 1. The number of pyridine rings is 3. The zero-order valence-electron chi connectivity index (χ0n) is 65.5. The molecule has 0 saturated carbocycles. The molecule has 25 heteroatoms. The molecule has 6 aromatic rings. The highest BCUT2D eigenvalue weighted by Crippen LogP contribution is 2.33. The zero-order chi connectivity index (χ0) is 79.4. The largest absolute Gasteiger partial charge is 0.493 e. The van der Waals surface area contributed by atoms with E-state index in [1.165, 1.54) is 218 Å². The SMILES string of the molecule is CCCCCCCCCCCCCCCCCCOC(=O)c1ccccc1N=Nc1c(C)c(C#N)c(O)n(CCN(CCn2c(O)c(C#N)c(C)c(N=Nc3ccccc3C(=O)OC)c2=O)CCn2c(O)c(C#N)c(C)c(N=Nc3ccccc3C(=O)OCCCCCCCCCCCCCCCCCC)c2=O)c1=O. The Hall–Kier alpha value is -10.5. The Morgan fingerprint density at radius 1 is 0.373 bits per heavy atom. The van der Waals surface area contributed by atoms with E-state index in [1.807, 2.05) is 18.2 Å². The van der Waals surface area contributed by atoms with E-state index in [0.717, 1.165) is 52.2 Å². The van der Waals surface area contributed by atoms with Gasteiger partial charge < -0.3 is 29.5 Å². The summed E-state index contributed by atoms with van der Waals surface area (Å²) in [5.74, 6) is -4.26. The third-order valence-corrected chi connectivity index (χ3v) is 20.0. The number of carbonyl (C=O) groups is 3. The molecule has 0 bridgehead atoms. The maximum atomic E-state index is 14.7. The molecule has 0 aliphatic heterocycles. The minimum Gasteiger partial charge on any atom is -0.493 e. The van der Waals surface area contributed by atoms with Crippen LogP contribution >= 0.6 is 0 Å². The van der Waals surface area contributed by atoms with Gasteiger partial charge in [-0.05, 0) is 70.0 Å². The van der Waals surface area contributed by atoms with Crippen molar-refractivity contribution in [2.75, 3.05) is 40.0 Å². The number of azo groups is 3. The fourth-order valence-electron chi connectivity index (χ4n) is 13.3. The second kappa shape index (κ2) is 49.6. The molecule has 0 saturated heterocycles. The molecule has 590 valence electrons. The van der Waals surface area contributed by atoms with E-state index in [9.17, 15) is 59.9 Å². The highest BCUT2D eigenvalue weighted by Gasteiger charge is 2.26. The third kappa shape index (κ3) is 27.3. The maximum Gasteiger partial charge on any atom is 0.340 e. The van der Waals surface area contributed by atoms with Gasteiger partial charge in [0.15, 0.2) is 17.1 Å². The third-order valence-electron chi connectivity index (χ3n) is 20.0. The van der Waals surface area contributed by atoms with Gasteiger partial charge in [-0.25, -0.2) is 14.4 Å². The van der Waals surface area contributed by atoms with Gasteiger partial charge in [0, 0.05) is 56.0 Å². The van der Waals surface area contributed by atoms with Crippen molar-refractivity contribution < 1.29 is 43.9 Å². The molecule has 0 aliphatic rings. The predicted molar refractivity (Wildman–Crippen MR) is 425 cm³/mol. The van der Waals surface area contributed by atoms with Gasteiger partial charge in [-0.3, -0.25) is 33.0 Å². The standard InChI is InChI=1S/C85H113N13O12/c1-7-9-11-13-15-17-19-21-23-25-27-29-31-33-35-43-57-109-84(106)66-46-38-41-49-72(66)90-93-75-63(4)69(60-87)78(100)97(81(75)103)55-52-95(51-54-96-77(99)68(59-86)62(3)74(80(96)102)92-89-71-48-40-37-45-65(71)83(105)108-6)53-56-98-79(101)70(61-88)64(5)76(82(98)104)94-91-73-50-42-39-47-67(73)85(107)110-58-44-36-34-32-30-28-26-24-22-20-18-16-14-12-10-8-2/h37-42,45-50,99-101H,7-36,43-44,51-58H2,1-6H3. The van der Waals surface area contributed by atoms with Gasteiger partial charge in [-0.2, -0.15) is 15.8 Å². The van der Waals surface area contributed by atoms with Gasteiger partial charge in [0.2, 0.25) is 17.6 Å². The molecular formula is C85H113N13O12. The summed E-state index contributed by atoms with van der Waals surface area (Å²) < 4.78 is 18.8. The number of carbonyl (C=O) groups excluding carboxylic acids is 3. The first-order valence-electron chi connectivity index (χ1n) is 39.7. The first kappa shape index (κ1) is 88.5. The second-order valence-electron chi connectivity index (χ2n) is 28.1. The van der Waals surface area contributed by atoms with Crippen LogP contribution in [0.1, 0.15) is 284 Å². The summed E-state index contributed by atoms with van der Waals surface area (Å²) in [4.78, 5) is 85.1. The monoisotopic (exact) mass is 1510 g/mol. The minimum absolute atomic E-state index is 0.0226. The molecule has 6 rings (SSSR count). The van der Waals surface area contributed by atoms with Crippen LogP contribution in [0.4, 0.5) is 34.1 Å². The quantitative estimate of drug-likeness (QED) is 0.0138. The van der Waals surface area contributed by atoms with Crippen LogP contribution in [0.3, 0.4) is 0 Å². The average molecular weight is 1510 g/mol. The summed E-state index contributed by atoms with van der Waals surface area (Å²) in [5.41, 5.74) is -4.59. The number of ether oxygens (including phenoxy) is 3. The number of nitrogens with zero attached hydrogens (tertiary/aromatic N) is 13. The van der Waals surface area contributed by atoms with E-state index in [1.54, 1.807) is 41.3 Å². The first-order chi connectivity index (χ1) is 53.5. The topological polar surface area (TPSA) is 354 Å². The normalized spacial score (nSPS) is 11.5. The van der Waals surface area contributed by atoms with Gasteiger partial charge in [0.1, 0.15) is 52.0 Å². The van der Waals surface area contributed by atoms with Crippen molar-refractivity contribution in [2.24, 2.45) is 30.7 Å². The van der Waals surface area contributed by atoms with Gasteiger partial charge in [0.25, 0.3) is 16.7 Å². The van der Waals surface area contributed by atoms with E-state index in [4.69, 9.17) is 14.2 Å². The molecule has 0 atom stereocenters. The van der Waals surface area contributed by atoms with E-state index in [2.05, 4.69) is 44.5 Å². The number of esters is 3. The molecule has 25 nitrogen and oxygen atoms in total. The Morgan fingerprint density at radius 3 is 0.855 bits per heavy atom. The van der Waals surface area contributed by atoms with Crippen LogP contribution in [0.25, 0.3) is 0 Å². The number of aromatic nitrogens is 3. The van der Waals surface area contributed by atoms with E-state index in [-0.39, 0.29) is 117 Å². The van der Waals surface area contributed by atoms with Crippen LogP contribution < -0.4 is 16.7 Å². The highest BCUT2D eigenvalue weighted by molar-refractivity contribution is 5.96. The summed E-state index contributed by atoms with van der Waals surface area (Å²) in [7, 11) is 1.18. The molecule has 0 spiro atoms. The first-order valence-corrected chi connectivity index (χ1v) is 39.7. The molecule has 3 aromatic heterocycles. The Kier molecular flexibility index (Phi) is 39.9. The number of rotatable bonds is 52. The van der Waals surface area contributed by atoms with Crippen LogP contribution in [0.5, 0.6) is 17.6 Å². The van der Waals surface area contributed by atoms with Crippen LogP contribution in [0.15, 0.2) is 118 Å². The number of hydrogen-bond donors (Lipinski definition) is 3. The lowest BCUT2D eigenvalue weighted by molar-refractivity contribution is 0.0489. The van der Waals surface area contributed by atoms with Crippen LogP contribution in [0.2, 0.25) is 0 Å². The van der Waals surface area contributed by atoms with Crippen molar-refractivity contribution in [2.45, 2.75) is 260 Å². The lowest BCUT2D eigenvalue weighted by Crippen LogP contribution is -2.38. The Balaban J connectivity index is 1.20. The average Bonchev–Trinajstić information content (AvgIpc) is 0.793. The van der Waals surface area contributed by atoms with Crippen molar-refractivity contribution in [3.63, 3.8) is 0 Å². The van der Waals surface area contributed by atoms with Crippen molar-refractivity contribution >= 4 is 52.0 Å². The molecule has 3 aromatic carbocycles. The van der Waals surface area contributed by atoms with E-state index in [0.29, 0.717) is 12.8 Å². The fourth-order valence-corrected chi connectivity index (χ4v) is 13.3. The lowest BCUT2D eigenvalue weighted by Gasteiger charge is -2.25. The molecule has 110 heavy (non-hydrogen) atoms. The number of benzene rings is 3. The van der Waals surface area contributed by atoms with E-state index >= 15 is 0 Å². The molecular weight excluding hydrogens is 1400 g/mol. The summed E-state index contributed by atoms with van der Waals surface area (Å²) in [6, 6.07) is 24.4. The van der Waals surface area contributed by atoms with Gasteiger partial charge in [0.05, 0.1) is 37.0 Å². The zero-order valence-corrected chi connectivity index (χ0v) is 65.5. The Morgan fingerprint density at radius 2 is 0.609 bits per heavy atom. The summed E-state index contributed by atoms with van der Waals surface area (Å²) in [5, 5.41) is 91.8. The van der Waals surface area contributed by atoms with Crippen LogP contribution in [-0.2, 0) is 33.8 Å². The summed E-state index contributed by atoms with van der Waals surface area (Å²) in [6.07, 6.45) is 38.5. The fraction of sp³-hybridized carbons (Fsp3) is 0.541. The molecule has 0 fully saturated rings. The highest BCUT2D eigenvalue weighted by atomic mass is 16.5. The molecule has 3 N–H and O–H groups in total. The molecule has 0 unspecified atom stereocenters. The molecule has 3 heterocycles. The Labute approximate surface area is 647 Å². The van der Waals surface area contributed by atoms with Crippen molar-refractivity contribution in [3.8, 4) is 35.8 Å². The molecule has 0 amide bonds. The van der Waals surface area contributed by atoms with Crippen LogP contribution in [0, 0.1) is 54.8 Å². The molecule has 0 aliphatic carbocycles. The van der Waals surface area contributed by atoms with Gasteiger partial charge in [-0.1, -0.05) is 243 Å². The van der Waals surface area contributed by atoms with Crippen molar-refractivity contribution in [3.05, 3.63) is 154 Å². The maximum absolute atomic E-state index is 14.7. The summed E-state index contributed by atoms with van der Waals surface area (Å²) >= 11 is 0. The van der Waals surface area contributed by atoms with Crippen molar-refractivity contribution in [1.29, 1.82) is 15.8 Å². The predicted octanol–water partition coefficient (Wildman–Crippen LogP) is 20.4. The minimum atomic E-state index is -0.921. The van der Waals surface area contributed by atoms with Gasteiger partial charge in [-0.15, -0.1) is 30.7 Å². The van der Waals surface area contributed by atoms with Gasteiger partial charge >= 0.3 is 17.9 Å². The smallest absolute Gasteiger partial charge is 0.340 e. The Bertz CT molecular complexity index is 4190. The number of nitriles is 3.